The summed E-state index contributed by atoms with van der Waals surface area (Å²) in [4.78, 5) is 33.2. The molecule has 1 aromatic heterocycles. The molecule has 0 atom stereocenters. The lowest BCUT2D eigenvalue weighted by atomic mass is 10.1. The van der Waals surface area contributed by atoms with Gasteiger partial charge >= 0.3 is 5.97 Å². The van der Waals surface area contributed by atoms with Crippen molar-refractivity contribution in [3.05, 3.63) is 18.1 Å². The molecule has 1 aliphatic heterocycles. The van der Waals surface area contributed by atoms with Crippen LogP contribution in [0, 0.1) is 0 Å². The molecule has 2 heterocycles. The summed E-state index contributed by atoms with van der Waals surface area (Å²) >= 11 is 0. The van der Waals surface area contributed by atoms with Gasteiger partial charge in [0.05, 0.1) is 7.11 Å². The van der Waals surface area contributed by atoms with Crippen LogP contribution < -0.4 is 4.90 Å². The highest BCUT2D eigenvalue weighted by Crippen LogP contribution is 2.17. The number of piperidine rings is 1. The van der Waals surface area contributed by atoms with Crippen molar-refractivity contribution in [3.8, 4) is 0 Å². The number of ketones is 1. The number of carbonyl (C=O) groups excluding carboxylic acids is 2. The minimum Gasteiger partial charge on any atom is -0.469 e. The lowest BCUT2D eigenvalue weighted by Gasteiger charge is -2.27. The number of carbonyl (C=O) groups is 2. The van der Waals surface area contributed by atoms with Crippen molar-refractivity contribution < 1.29 is 14.3 Å². The van der Waals surface area contributed by atoms with E-state index < -0.39 is 11.8 Å². The number of hydrogen-bond acceptors (Lipinski definition) is 6. The third kappa shape index (κ3) is 3.49. The summed E-state index contributed by atoms with van der Waals surface area (Å²) in [6, 6.07) is 1.79. The van der Waals surface area contributed by atoms with E-state index in [2.05, 4.69) is 19.6 Å². The van der Waals surface area contributed by atoms with E-state index in [1.54, 1.807) is 12.3 Å². The zero-order chi connectivity index (χ0) is 13.7. The maximum atomic E-state index is 11.8. The largest absolute Gasteiger partial charge is 0.469 e. The average Bonchev–Trinajstić information content (AvgIpc) is 2.48. The van der Waals surface area contributed by atoms with Crippen molar-refractivity contribution in [2.75, 3.05) is 25.1 Å². The second-order valence-corrected chi connectivity index (χ2v) is 4.46. The summed E-state index contributed by atoms with van der Waals surface area (Å²) in [5, 5.41) is 0. The Balaban J connectivity index is 2.09. The zero-order valence-corrected chi connectivity index (χ0v) is 11.0. The van der Waals surface area contributed by atoms with E-state index in [4.69, 9.17) is 0 Å². The third-order valence-electron chi connectivity index (χ3n) is 3.10. The molecule has 1 saturated heterocycles. The van der Waals surface area contributed by atoms with Gasteiger partial charge in [0, 0.05) is 19.3 Å². The number of methoxy groups -OCH3 is 1. The van der Waals surface area contributed by atoms with Crippen LogP contribution >= 0.6 is 0 Å². The summed E-state index contributed by atoms with van der Waals surface area (Å²) in [6.45, 7) is 1.89. The number of esters is 1. The van der Waals surface area contributed by atoms with Crippen molar-refractivity contribution in [2.45, 2.75) is 25.7 Å². The number of anilines is 1. The van der Waals surface area contributed by atoms with E-state index in [1.807, 2.05) is 0 Å². The molecule has 102 valence electrons. The van der Waals surface area contributed by atoms with Crippen molar-refractivity contribution in [2.24, 2.45) is 0 Å². The minimum atomic E-state index is -0.572. The maximum Gasteiger partial charge on any atom is 0.313 e. The van der Waals surface area contributed by atoms with Crippen LogP contribution in [0.4, 0.5) is 5.82 Å². The molecular formula is C13H17N3O3. The van der Waals surface area contributed by atoms with Gasteiger partial charge < -0.3 is 9.64 Å². The Labute approximate surface area is 111 Å². The SMILES string of the molecule is COC(=O)CC(=O)c1nccc(N2CCCCC2)n1. The van der Waals surface area contributed by atoms with Crippen LogP contribution in [0.15, 0.2) is 12.3 Å². The number of ether oxygens (including phenoxy) is 1. The summed E-state index contributed by atoms with van der Waals surface area (Å²) in [7, 11) is 1.25. The Hall–Kier alpha value is -1.98. The fourth-order valence-corrected chi connectivity index (χ4v) is 2.06. The van der Waals surface area contributed by atoms with E-state index in [9.17, 15) is 9.59 Å². The van der Waals surface area contributed by atoms with Crippen LogP contribution in [0.3, 0.4) is 0 Å². The molecule has 0 amide bonds. The molecule has 0 saturated carbocycles. The second-order valence-electron chi connectivity index (χ2n) is 4.46. The van der Waals surface area contributed by atoms with Crippen LogP contribution in [0.5, 0.6) is 0 Å². The first-order chi connectivity index (χ1) is 9.20. The first-order valence-electron chi connectivity index (χ1n) is 6.38. The van der Waals surface area contributed by atoms with E-state index >= 15 is 0 Å². The highest BCUT2D eigenvalue weighted by atomic mass is 16.5. The Morgan fingerprint density at radius 1 is 1.32 bits per heavy atom. The third-order valence-corrected chi connectivity index (χ3v) is 3.10. The molecule has 2 rings (SSSR count). The number of rotatable bonds is 4. The van der Waals surface area contributed by atoms with Gasteiger partial charge in [0.25, 0.3) is 0 Å². The number of nitrogens with zero attached hydrogens (tertiary/aromatic N) is 3. The second kappa shape index (κ2) is 6.26. The molecule has 6 nitrogen and oxygen atoms in total. The van der Waals surface area contributed by atoms with Gasteiger partial charge in [-0.3, -0.25) is 9.59 Å². The Morgan fingerprint density at radius 2 is 2.05 bits per heavy atom. The highest BCUT2D eigenvalue weighted by Gasteiger charge is 2.17. The quantitative estimate of drug-likeness (QED) is 0.462. The molecule has 1 aromatic rings. The molecule has 1 fully saturated rings. The molecule has 0 aromatic carbocycles. The summed E-state index contributed by atoms with van der Waals surface area (Å²) in [5.74, 6) is -0.154. The van der Waals surface area contributed by atoms with Crippen molar-refractivity contribution >= 4 is 17.6 Å². The zero-order valence-electron chi connectivity index (χ0n) is 11.0. The smallest absolute Gasteiger partial charge is 0.313 e. The molecule has 0 N–H and O–H groups in total. The highest BCUT2D eigenvalue weighted by molar-refractivity contribution is 6.03. The van der Waals surface area contributed by atoms with E-state index in [0.29, 0.717) is 0 Å². The fourth-order valence-electron chi connectivity index (χ4n) is 2.06. The first-order valence-corrected chi connectivity index (χ1v) is 6.38. The first kappa shape index (κ1) is 13.5. The average molecular weight is 263 g/mol. The molecule has 0 aliphatic carbocycles. The fraction of sp³-hybridized carbons (Fsp3) is 0.538. The molecule has 0 unspecified atom stereocenters. The topological polar surface area (TPSA) is 72.4 Å². The number of hydrogen-bond donors (Lipinski definition) is 0. The lowest BCUT2D eigenvalue weighted by Crippen LogP contribution is -2.30. The standard InChI is InChI=1S/C13H17N3O3/c1-19-12(18)9-10(17)13-14-6-5-11(15-13)16-7-3-2-4-8-16/h5-6H,2-4,7-9H2,1H3. The molecule has 0 spiro atoms. The number of Topliss-reactive ketones (excluding diaryl/α,β-unsaturated/α-hetero) is 1. The Morgan fingerprint density at radius 3 is 2.74 bits per heavy atom. The van der Waals surface area contributed by atoms with Crippen LogP contribution in [-0.2, 0) is 9.53 Å². The van der Waals surface area contributed by atoms with Gasteiger partial charge in [0.15, 0.2) is 5.82 Å². The molecular weight excluding hydrogens is 246 g/mol. The summed E-state index contributed by atoms with van der Waals surface area (Å²) in [6.07, 6.45) is 4.74. The van der Waals surface area contributed by atoms with E-state index in [1.165, 1.54) is 13.5 Å². The van der Waals surface area contributed by atoms with Gasteiger partial charge in [-0.15, -0.1) is 0 Å². The Bertz CT molecular complexity index is 470. The Kier molecular flexibility index (Phi) is 4.43. The van der Waals surface area contributed by atoms with Crippen LogP contribution in [0.2, 0.25) is 0 Å². The van der Waals surface area contributed by atoms with Crippen molar-refractivity contribution in [3.63, 3.8) is 0 Å². The van der Waals surface area contributed by atoms with Gasteiger partial charge in [-0.25, -0.2) is 9.97 Å². The monoisotopic (exact) mass is 263 g/mol. The minimum absolute atomic E-state index is 0.0773. The van der Waals surface area contributed by atoms with Gasteiger partial charge in [-0.2, -0.15) is 0 Å². The maximum absolute atomic E-state index is 11.8. The predicted octanol–water partition coefficient (Wildman–Crippen LogP) is 1.21. The number of aromatic nitrogens is 2. The molecule has 1 aliphatic rings. The molecule has 6 heteroatoms. The molecule has 19 heavy (non-hydrogen) atoms. The van der Waals surface area contributed by atoms with Crippen LogP contribution in [0.25, 0.3) is 0 Å². The molecule has 0 bridgehead atoms. The van der Waals surface area contributed by atoms with Crippen molar-refractivity contribution in [1.29, 1.82) is 0 Å². The van der Waals surface area contributed by atoms with Gasteiger partial charge in [-0.05, 0) is 25.3 Å². The van der Waals surface area contributed by atoms with Crippen molar-refractivity contribution in [1.82, 2.24) is 9.97 Å². The lowest BCUT2D eigenvalue weighted by molar-refractivity contribution is -0.139. The van der Waals surface area contributed by atoms with Gasteiger partial charge in [-0.1, -0.05) is 0 Å². The predicted molar refractivity (Wildman–Crippen MR) is 69.1 cm³/mol. The normalized spacial score (nSPS) is 15.1. The van der Waals surface area contributed by atoms with Gasteiger partial charge in [0.1, 0.15) is 12.2 Å². The van der Waals surface area contributed by atoms with Crippen LogP contribution in [0.1, 0.15) is 36.3 Å². The van der Waals surface area contributed by atoms with Crippen LogP contribution in [-0.4, -0.2) is 41.9 Å². The molecule has 0 radical (unpaired) electrons. The summed E-state index contributed by atoms with van der Waals surface area (Å²) in [5.41, 5.74) is 0. The summed E-state index contributed by atoms with van der Waals surface area (Å²) < 4.78 is 4.46. The van der Waals surface area contributed by atoms with E-state index in [0.717, 1.165) is 31.7 Å². The van der Waals surface area contributed by atoms with Gasteiger partial charge in [0.2, 0.25) is 5.78 Å². The van der Waals surface area contributed by atoms with E-state index in [-0.39, 0.29) is 12.2 Å².